The molecule has 2 aromatic carbocycles. The fraction of sp³-hybridized carbons (Fsp3) is 0.143. The summed E-state index contributed by atoms with van der Waals surface area (Å²) in [5.74, 6) is 0.323. The summed E-state index contributed by atoms with van der Waals surface area (Å²) in [4.78, 5) is 0. The fourth-order valence-corrected chi connectivity index (χ4v) is 1.73. The van der Waals surface area contributed by atoms with Crippen molar-refractivity contribution in [3.63, 3.8) is 0 Å². The first-order chi connectivity index (χ1) is 8.72. The Morgan fingerprint density at radius 2 is 1.78 bits per heavy atom. The maximum Gasteiger partial charge on any atom is 0.171 e. The highest BCUT2D eigenvalue weighted by molar-refractivity contribution is 6.32. The van der Waals surface area contributed by atoms with Gasteiger partial charge in [0.1, 0.15) is 12.4 Å². The molecule has 0 bridgehead atoms. The summed E-state index contributed by atoms with van der Waals surface area (Å²) in [5.41, 5.74) is 0.425. The van der Waals surface area contributed by atoms with Gasteiger partial charge in [-0.1, -0.05) is 35.9 Å². The van der Waals surface area contributed by atoms with Crippen LogP contribution in [-0.2, 0) is 6.61 Å². The number of benzene rings is 2. The molecule has 0 unspecified atom stereocenters. The van der Waals surface area contributed by atoms with E-state index in [9.17, 15) is 4.39 Å². The van der Waals surface area contributed by atoms with Gasteiger partial charge in [0.25, 0.3) is 0 Å². The Labute approximate surface area is 110 Å². The van der Waals surface area contributed by atoms with Crippen molar-refractivity contribution in [3.8, 4) is 11.5 Å². The normalized spacial score (nSPS) is 10.2. The second kappa shape index (κ2) is 5.74. The van der Waals surface area contributed by atoms with E-state index in [2.05, 4.69) is 0 Å². The molecule has 0 heterocycles. The van der Waals surface area contributed by atoms with Crippen LogP contribution in [0.4, 0.5) is 4.39 Å². The van der Waals surface area contributed by atoms with Crippen molar-refractivity contribution >= 4 is 11.6 Å². The van der Waals surface area contributed by atoms with Gasteiger partial charge in [-0.05, 0) is 18.2 Å². The van der Waals surface area contributed by atoms with Crippen LogP contribution in [0.25, 0.3) is 0 Å². The number of ether oxygens (including phenoxy) is 2. The summed E-state index contributed by atoms with van der Waals surface area (Å²) in [5, 5.41) is 0.501. The molecule has 0 radical (unpaired) electrons. The van der Waals surface area contributed by atoms with Crippen molar-refractivity contribution in [2.45, 2.75) is 6.61 Å². The number of hydrogen-bond donors (Lipinski definition) is 0. The molecule has 2 aromatic rings. The first-order valence-electron chi connectivity index (χ1n) is 5.41. The van der Waals surface area contributed by atoms with E-state index in [4.69, 9.17) is 21.1 Å². The number of methoxy groups -OCH3 is 1. The largest absolute Gasteiger partial charge is 0.494 e. The molecule has 4 heteroatoms. The van der Waals surface area contributed by atoms with Crippen LogP contribution in [0.3, 0.4) is 0 Å². The van der Waals surface area contributed by atoms with Crippen LogP contribution < -0.4 is 9.47 Å². The molecule has 18 heavy (non-hydrogen) atoms. The number of halogens is 2. The van der Waals surface area contributed by atoms with Gasteiger partial charge in [0, 0.05) is 5.56 Å². The Morgan fingerprint density at radius 3 is 2.50 bits per heavy atom. The van der Waals surface area contributed by atoms with Crippen molar-refractivity contribution in [1.82, 2.24) is 0 Å². The van der Waals surface area contributed by atoms with Crippen LogP contribution in [0, 0.1) is 5.82 Å². The first kappa shape index (κ1) is 12.7. The zero-order valence-electron chi connectivity index (χ0n) is 9.82. The van der Waals surface area contributed by atoms with Gasteiger partial charge in [0.05, 0.1) is 12.1 Å². The molecule has 0 N–H and O–H groups in total. The molecule has 94 valence electrons. The van der Waals surface area contributed by atoms with E-state index in [1.54, 1.807) is 36.4 Å². The van der Waals surface area contributed by atoms with Gasteiger partial charge in [-0.25, -0.2) is 4.39 Å². The predicted molar refractivity (Wildman–Crippen MR) is 68.7 cm³/mol. The van der Waals surface area contributed by atoms with Gasteiger partial charge in [0.2, 0.25) is 0 Å². The SMILES string of the molecule is COc1cccc(COc2ccccc2Cl)c1F. The maximum atomic E-state index is 13.8. The van der Waals surface area contributed by atoms with Crippen LogP contribution in [0.2, 0.25) is 5.02 Å². The lowest BCUT2D eigenvalue weighted by molar-refractivity contribution is 0.296. The summed E-state index contributed by atoms with van der Waals surface area (Å²) in [6, 6.07) is 12.0. The van der Waals surface area contributed by atoms with Gasteiger partial charge in [-0.2, -0.15) is 0 Å². The van der Waals surface area contributed by atoms with E-state index in [1.165, 1.54) is 7.11 Å². The van der Waals surface area contributed by atoms with Gasteiger partial charge in [-0.3, -0.25) is 0 Å². The van der Waals surface area contributed by atoms with Crippen molar-refractivity contribution in [2.75, 3.05) is 7.11 Å². The molecule has 0 spiro atoms. The number of hydrogen-bond acceptors (Lipinski definition) is 2. The molecule has 0 amide bonds. The summed E-state index contributed by atoms with van der Waals surface area (Å²) in [6.45, 7) is 0.104. The highest BCUT2D eigenvalue weighted by atomic mass is 35.5. The minimum atomic E-state index is -0.410. The Hall–Kier alpha value is -1.74. The monoisotopic (exact) mass is 266 g/mol. The third-order valence-corrected chi connectivity index (χ3v) is 2.80. The van der Waals surface area contributed by atoms with Crippen LogP contribution >= 0.6 is 11.6 Å². The van der Waals surface area contributed by atoms with Gasteiger partial charge < -0.3 is 9.47 Å². The van der Waals surface area contributed by atoms with Crippen molar-refractivity contribution in [2.24, 2.45) is 0 Å². The second-order valence-corrected chi connectivity index (χ2v) is 4.06. The summed E-state index contributed by atoms with van der Waals surface area (Å²) >= 11 is 5.95. The third-order valence-electron chi connectivity index (χ3n) is 2.48. The number of para-hydroxylation sites is 1. The van der Waals surface area contributed by atoms with Crippen molar-refractivity contribution < 1.29 is 13.9 Å². The van der Waals surface area contributed by atoms with E-state index in [1.807, 2.05) is 6.07 Å². The molecule has 0 aliphatic heterocycles. The Bertz CT molecular complexity index is 543. The average Bonchev–Trinajstić information content (AvgIpc) is 2.39. The molecule has 2 rings (SSSR count). The molecule has 0 atom stereocenters. The van der Waals surface area contributed by atoms with Gasteiger partial charge in [0.15, 0.2) is 11.6 Å². The highest BCUT2D eigenvalue weighted by Crippen LogP contribution is 2.26. The van der Waals surface area contributed by atoms with E-state index >= 15 is 0 Å². The smallest absolute Gasteiger partial charge is 0.171 e. The highest BCUT2D eigenvalue weighted by Gasteiger charge is 2.09. The summed E-state index contributed by atoms with van der Waals surface area (Å²) in [6.07, 6.45) is 0. The topological polar surface area (TPSA) is 18.5 Å². The van der Waals surface area contributed by atoms with E-state index < -0.39 is 5.82 Å². The van der Waals surface area contributed by atoms with Crippen molar-refractivity contribution in [1.29, 1.82) is 0 Å². The zero-order valence-corrected chi connectivity index (χ0v) is 10.6. The molecule has 0 aliphatic carbocycles. The van der Waals surface area contributed by atoms with Crippen LogP contribution in [0.1, 0.15) is 5.56 Å². The zero-order chi connectivity index (χ0) is 13.0. The fourth-order valence-electron chi connectivity index (χ4n) is 1.54. The van der Waals surface area contributed by atoms with E-state index in [0.717, 1.165) is 0 Å². The predicted octanol–water partition coefficient (Wildman–Crippen LogP) is 4.07. The Balaban J connectivity index is 2.14. The standard InChI is InChI=1S/C14H12ClFO2/c1-17-13-8-4-5-10(14(13)16)9-18-12-7-3-2-6-11(12)15/h2-8H,9H2,1H3. The lowest BCUT2D eigenvalue weighted by Crippen LogP contribution is -2.00. The second-order valence-electron chi connectivity index (χ2n) is 3.65. The first-order valence-corrected chi connectivity index (χ1v) is 5.79. The Kier molecular flexibility index (Phi) is 4.05. The molecular formula is C14H12ClFO2. The van der Waals surface area contributed by atoms with Gasteiger partial charge in [-0.15, -0.1) is 0 Å². The van der Waals surface area contributed by atoms with Gasteiger partial charge >= 0.3 is 0 Å². The molecule has 0 fully saturated rings. The lowest BCUT2D eigenvalue weighted by Gasteiger charge is -2.10. The quantitative estimate of drug-likeness (QED) is 0.831. The number of rotatable bonds is 4. The van der Waals surface area contributed by atoms with E-state index in [0.29, 0.717) is 16.3 Å². The molecular weight excluding hydrogens is 255 g/mol. The molecule has 2 nitrogen and oxygen atoms in total. The molecule has 0 aromatic heterocycles. The summed E-state index contributed by atoms with van der Waals surface area (Å²) in [7, 11) is 1.43. The minimum absolute atomic E-state index is 0.104. The molecule has 0 saturated carbocycles. The molecule has 0 aliphatic rings. The average molecular weight is 267 g/mol. The van der Waals surface area contributed by atoms with E-state index in [-0.39, 0.29) is 12.4 Å². The maximum absolute atomic E-state index is 13.8. The minimum Gasteiger partial charge on any atom is -0.494 e. The summed E-state index contributed by atoms with van der Waals surface area (Å²) < 4.78 is 24.2. The Morgan fingerprint density at radius 1 is 1.06 bits per heavy atom. The van der Waals surface area contributed by atoms with Crippen LogP contribution in [0.15, 0.2) is 42.5 Å². The van der Waals surface area contributed by atoms with Crippen molar-refractivity contribution in [3.05, 3.63) is 58.9 Å². The molecule has 0 saturated heterocycles. The van der Waals surface area contributed by atoms with Crippen LogP contribution in [-0.4, -0.2) is 7.11 Å². The third kappa shape index (κ3) is 2.74. The lowest BCUT2D eigenvalue weighted by atomic mass is 10.2. The van der Waals surface area contributed by atoms with Crippen LogP contribution in [0.5, 0.6) is 11.5 Å².